The van der Waals surface area contributed by atoms with Gasteiger partial charge in [0.05, 0.1) is 39.3 Å². The molecule has 200 valence electrons. The molecule has 10 nitrogen and oxygen atoms in total. The van der Waals surface area contributed by atoms with Gasteiger partial charge in [0, 0.05) is 5.56 Å². The lowest BCUT2D eigenvalue weighted by atomic mass is 9.93. The first-order valence-corrected chi connectivity index (χ1v) is 12.1. The van der Waals surface area contributed by atoms with Crippen molar-refractivity contribution in [1.82, 2.24) is 0 Å². The summed E-state index contributed by atoms with van der Waals surface area (Å²) in [6.45, 7) is 6.31. The number of hydroxylamine groups is 1. The van der Waals surface area contributed by atoms with Crippen molar-refractivity contribution >= 4 is 35.1 Å². The molecular weight excluding hydrogens is 504 g/mol. The SMILES string of the molecule is CC(C)(O)c1ccc2c(c1)CON(c1cc(C(=O)O)cc(N3C(=O)c4ccc(C(C)(C)O)cc4C3=O)c1)C2=O. The molecule has 3 N–H and O–H groups in total. The third kappa shape index (κ3) is 4.48. The molecule has 0 atom stereocenters. The first-order valence-electron chi connectivity index (χ1n) is 12.1. The van der Waals surface area contributed by atoms with Crippen molar-refractivity contribution in [1.29, 1.82) is 0 Å². The zero-order valence-electron chi connectivity index (χ0n) is 21.7. The van der Waals surface area contributed by atoms with E-state index >= 15 is 0 Å². The highest BCUT2D eigenvalue weighted by atomic mass is 16.7. The van der Waals surface area contributed by atoms with Gasteiger partial charge in [0.2, 0.25) is 0 Å². The van der Waals surface area contributed by atoms with Gasteiger partial charge in [-0.3, -0.25) is 19.2 Å². The number of anilines is 2. The molecule has 10 heteroatoms. The smallest absolute Gasteiger partial charge is 0.335 e. The van der Waals surface area contributed by atoms with Crippen molar-refractivity contribution in [3.8, 4) is 0 Å². The number of hydrogen-bond acceptors (Lipinski definition) is 7. The highest BCUT2D eigenvalue weighted by Crippen LogP contribution is 2.36. The Bertz CT molecular complexity index is 1580. The molecule has 0 saturated heterocycles. The molecule has 39 heavy (non-hydrogen) atoms. The summed E-state index contributed by atoms with van der Waals surface area (Å²) in [4.78, 5) is 58.4. The maximum atomic E-state index is 13.4. The molecule has 0 fully saturated rings. The molecular formula is C29H26N2O8. The molecule has 3 aromatic rings. The fraction of sp³-hybridized carbons (Fsp3) is 0.241. The van der Waals surface area contributed by atoms with Crippen molar-refractivity contribution in [3.63, 3.8) is 0 Å². The predicted molar refractivity (Wildman–Crippen MR) is 140 cm³/mol. The summed E-state index contributed by atoms with van der Waals surface area (Å²) in [6.07, 6.45) is 0. The van der Waals surface area contributed by atoms with Gasteiger partial charge in [-0.1, -0.05) is 12.1 Å². The minimum atomic E-state index is -1.33. The summed E-state index contributed by atoms with van der Waals surface area (Å²) in [5, 5.41) is 31.3. The Labute approximate surface area is 223 Å². The number of carboxylic acid groups (broad SMARTS) is 1. The largest absolute Gasteiger partial charge is 0.478 e. The van der Waals surface area contributed by atoms with Crippen molar-refractivity contribution in [2.24, 2.45) is 0 Å². The fourth-order valence-electron chi connectivity index (χ4n) is 4.62. The monoisotopic (exact) mass is 530 g/mol. The molecule has 3 aromatic carbocycles. The number of rotatable bonds is 5. The third-order valence-electron chi connectivity index (χ3n) is 6.81. The zero-order chi connectivity index (χ0) is 28.4. The number of imide groups is 1. The van der Waals surface area contributed by atoms with E-state index in [0.717, 1.165) is 9.96 Å². The van der Waals surface area contributed by atoms with Crippen molar-refractivity contribution in [2.75, 3.05) is 9.96 Å². The second-order valence-corrected chi connectivity index (χ2v) is 10.6. The number of nitrogens with zero attached hydrogens (tertiary/aromatic N) is 2. The van der Waals surface area contributed by atoms with Crippen LogP contribution in [-0.4, -0.2) is 39.0 Å². The van der Waals surface area contributed by atoms with E-state index in [0.29, 0.717) is 22.3 Å². The summed E-state index contributed by atoms with van der Waals surface area (Å²) >= 11 is 0. The maximum absolute atomic E-state index is 13.4. The number of aliphatic hydroxyl groups is 2. The van der Waals surface area contributed by atoms with Crippen LogP contribution in [0.5, 0.6) is 0 Å². The fourth-order valence-corrected chi connectivity index (χ4v) is 4.62. The van der Waals surface area contributed by atoms with Crippen molar-refractivity contribution in [2.45, 2.75) is 45.5 Å². The molecule has 2 heterocycles. The molecule has 0 saturated carbocycles. The topological polar surface area (TPSA) is 145 Å². The minimum Gasteiger partial charge on any atom is -0.478 e. The minimum absolute atomic E-state index is 0.0147. The number of hydrogen-bond donors (Lipinski definition) is 3. The van der Waals surface area contributed by atoms with Crippen LogP contribution in [0.1, 0.15) is 85.8 Å². The second-order valence-electron chi connectivity index (χ2n) is 10.6. The third-order valence-corrected chi connectivity index (χ3v) is 6.81. The van der Waals surface area contributed by atoms with Gasteiger partial charge in [-0.15, -0.1) is 0 Å². The average molecular weight is 531 g/mol. The van der Waals surface area contributed by atoms with Crippen LogP contribution in [0.25, 0.3) is 0 Å². The quantitative estimate of drug-likeness (QED) is 0.423. The summed E-state index contributed by atoms with van der Waals surface area (Å²) in [5.41, 5.74) is -0.622. The van der Waals surface area contributed by atoms with Crippen LogP contribution in [0, 0.1) is 0 Å². The summed E-state index contributed by atoms with van der Waals surface area (Å²) in [7, 11) is 0. The molecule has 0 aliphatic carbocycles. The van der Waals surface area contributed by atoms with Gasteiger partial charge < -0.3 is 15.3 Å². The Morgan fingerprint density at radius 2 is 1.31 bits per heavy atom. The Morgan fingerprint density at radius 3 is 1.92 bits per heavy atom. The van der Waals surface area contributed by atoms with Gasteiger partial charge >= 0.3 is 5.97 Å². The van der Waals surface area contributed by atoms with Crippen LogP contribution in [0.3, 0.4) is 0 Å². The molecule has 2 aliphatic heterocycles. The number of carbonyl (C=O) groups excluding carboxylic acids is 3. The molecule has 5 rings (SSSR count). The first-order chi connectivity index (χ1) is 18.2. The normalized spacial score (nSPS) is 15.5. The lowest BCUT2D eigenvalue weighted by Crippen LogP contribution is -2.36. The Balaban J connectivity index is 1.55. The molecule has 2 aliphatic rings. The molecule has 0 unspecified atom stereocenters. The Morgan fingerprint density at radius 1 is 0.744 bits per heavy atom. The molecule has 3 amide bonds. The van der Waals surface area contributed by atoms with E-state index in [4.69, 9.17) is 4.84 Å². The number of aromatic carboxylic acids is 1. The highest BCUT2D eigenvalue weighted by molar-refractivity contribution is 6.34. The van der Waals surface area contributed by atoms with Crippen LogP contribution in [0.15, 0.2) is 54.6 Å². The summed E-state index contributed by atoms with van der Waals surface area (Å²) in [5.74, 6) is -3.27. The van der Waals surface area contributed by atoms with Gasteiger partial charge in [0.25, 0.3) is 17.7 Å². The number of carbonyl (C=O) groups is 4. The maximum Gasteiger partial charge on any atom is 0.335 e. The van der Waals surface area contributed by atoms with Gasteiger partial charge in [-0.25, -0.2) is 9.69 Å². The lowest BCUT2D eigenvalue weighted by molar-refractivity contribution is 0.0521. The van der Waals surface area contributed by atoms with Crippen LogP contribution in [-0.2, 0) is 22.6 Å². The Hall–Kier alpha value is -4.38. The van der Waals surface area contributed by atoms with Gasteiger partial charge in [-0.2, -0.15) is 5.06 Å². The average Bonchev–Trinajstić information content (AvgIpc) is 3.12. The predicted octanol–water partition coefficient (Wildman–Crippen LogP) is 3.73. The van der Waals surface area contributed by atoms with Crippen molar-refractivity contribution in [3.05, 3.63) is 93.5 Å². The van der Waals surface area contributed by atoms with Crippen molar-refractivity contribution < 1.29 is 39.3 Å². The molecule has 0 spiro atoms. The van der Waals surface area contributed by atoms with Gasteiger partial charge in [0.15, 0.2) is 0 Å². The molecule has 0 bridgehead atoms. The number of amides is 3. The van der Waals surface area contributed by atoms with Crippen LogP contribution in [0.4, 0.5) is 11.4 Å². The number of benzene rings is 3. The Kier molecular flexibility index (Phi) is 5.95. The van der Waals surface area contributed by atoms with Crippen LogP contribution in [0.2, 0.25) is 0 Å². The van der Waals surface area contributed by atoms with E-state index in [1.807, 2.05) is 0 Å². The standard InChI is InChI=1S/C29H26N2O8/c1-28(2,37)17-5-7-21-16(9-17)14-39-31(26(21)34)20-11-15(27(35)36)10-19(13-20)30-24(32)22-8-6-18(29(3,4)38)12-23(22)25(30)33/h5-13,37-38H,14H2,1-4H3,(H,35,36). The second kappa shape index (κ2) is 8.84. The number of fused-ring (bicyclic) bond motifs is 2. The van der Waals surface area contributed by atoms with Gasteiger partial charge in [0.1, 0.15) is 6.61 Å². The first kappa shape index (κ1) is 26.2. The van der Waals surface area contributed by atoms with E-state index in [9.17, 15) is 34.5 Å². The van der Waals surface area contributed by atoms with Crippen LogP contribution >= 0.6 is 0 Å². The highest BCUT2D eigenvalue weighted by Gasteiger charge is 2.39. The zero-order valence-corrected chi connectivity index (χ0v) is 21.7. The van der Waals surface area contributed by atoms with E-state index in [1.165, 1.54) is 30.3 Å². The summed E-state index contributed by atoms with van der Waals surface area (Å²) < 4.78 is 0. The van der Waals surface area contributed by atoms with Crippen LogP contribution < -0.4 is 9.96 Å². The summed E-state index contributed by atoms with van der Waals surface area (Å²) in [6, 6.07) is 13.0. The van der Waals surface area contributed by atoms with E-state index in [2.05, 4.69) is 0 Å². The number of carboxylic acids is 1. The van der Waals surface area contributed by atoms with E-state index in [1.54, 1.807) is 52.0 Å². The van der Waals surface area contributed by atoms with E-state index in [-0.39, 0.29) is 34.7 Å². The molecule has 0 aromatic heterocycles. The van der Waals surface area contributed by atoms with Gasteiger partial charge in [-0.05, 0) is 86.8 Å². The molecule has 0 radical (unpaired) electrons. The lowest BCUT2D eigenvalue weighted by Gasteiger charge is -2.30. The van der Waals surface area contributed by atoms with E-state index < -0.39 is 34.9 Å².